The second kappa shape index (κ2) is 4.01. The van der Waals surface area contributed by atoms with E-state index in [-0.39, 0.29) is 0 Å². The highest BCUT2D eigenvalue weighted by Crippen LogP contribution is 2.10. The summed E-state index contributed by atoms with van der Waals surface area (Å²) in [6, 6.07) is 0. The molecule has 0 bridgehead atoms. The van der Waals surface area contributed by atoms with Crippen molar-refractivity contribution in [2.45, 2.75) is 6.54 Å². The predicted molar refractivity (Wildman–Crippen MR) is 52.8 cm³/mol. The molecule has 0 aliphatic rings. The molecule has 0 radical (unpaired) electrons. The summed E-state index contributed by atoms with van der Waals surface area (Å²) in [6.07, 6.45) is 3.17. The molecule has 3 N–H and O–H groups in total. The van der Waals surface area contributed by atoms with Crippen molar-refractivity contribution in [1.82, 2.24) is 24.1 Å². The summed E-state index contributed by atoms with van der Waals surface area (Å²) in [5.74, 6) is 0.304. The molecule has 14 heavy (non-hydrogen) atoms. The molecular weight excluding hydrogens is 202 g/mol. The van der Waals surface area contributed by atoms with E-state index >= 15 is 0 Å². The van der Waals surface area contributed by atoms with E-state index in [1.807, 2.05) is 0 Å². The first-order valence-electron chi connectivity index (χ1n) is 4.00. The third-order valence-electron chi connectivity index (χ3n) is 1.53. The van der Waals surface area contributed by atoms with Crippen LogP contribution in [0.15, 0.2) is 12.7 Å². The summed E-state index contributed by atoms with van der Waals surface area (Å²) >= 11 is 1.24. The van der Waals surface area contributed by atoms with Crippen LogP contribution < -0.4 is 11.1 Å². The number of nitrogens with zero attached hydrogens (tertiary/aromatic N) is 5. The lowest BCUT2D eigenvalue weighted by molar-refractivity contribution is 0.636. The van der Waals surface area contributed by atoms with Crippen LogP contribution in [-0.2, 0) is 6.54 Å². The number of nitrogens with two attached hydrogens (primary N) is 1. The Kier molecular flexibility index (Phi) is 2.54. The fourth-order valence-electron chi connectivity index (χ4n) is 0.932. The van der Waals surface area contributed by atoms with Crippen LogP contribution in [0.3, 0.4) is 0 Å². The number of rotatable bonds is 4. The van der Waals surface area contributed by atoms with Crippen LogP contribution in [0.5, 0.6) is 0 Å². The van der Waals surface area contributed by atoms with Crippen molar-refractivity contribution in [2.24, 2.45) is 0 Å². The normalized spacial score (nSPS) is 10.3. The van der Waals surface area contributed by atoms with E-state index in [1.165, 1.54) is 17.9 Å². The molecule has 0 aliphatic carbocycles. The molecule has 2 aromatic rings. The van der Waals surface area contributed by atoms with Gasteiger partial charge in [-0.25, -0.2) is 4.98 Å². The Morgan fingerprint density at radius 1 is 1.57 bits per heavy atom. The van der Waals surface area contributed by atoms with Crippen molar-refractivity contribution in [1.29, 1.82) is 0 Å². The van der Waals surface area contributed by atoms with Crippen molar-refractivity contribution in [2.75, 3.05) is 17.6 Å². The van der Waals surface area contributed by atoms with Crippen LogP contribution in [0.1, 0.15) is 0 Å². The highest BCUT2D eigenvalue weighted by atomic mass is 32.1. The van der Waals surface area contributed by atoms with Crippen molar-refractivity contribution < 1.29 is 0 Å². The summed E-state index contributed by atoms with van der Waals surface area (Å²) in [6.45, 7) is 1.46. The summed E-state index contributed by atoms with van der Waals surface area (Å²) in [7, 11) is 0. The van der Waals surface area contributed by atoms with Crippen LogP contribution in [0.4, 0.5) is 11.1 Å². The van der Waals surface area contributed by atoms with Gasteiger partial charge in [-0.1, -0.05) is 0 Å². The average molecular weight is 211 g/mol. The van der Waals surface area contributed by atoms with Gasteiger partial charge in [0, 0.05) is 18.1 Å². The van der Waals surface area contributed by atoms with Gasteiger partial charge in [-0.15, -0.1) is 0 Å². The molecule has 0 unspecified atom stereocenters. The van der Waals surface area contributed by atoms with Gasteiger partial charge in [0.15, 0.2) is 0 Å². The molecule has 2 heterocycles. The topological polar surface area (TPSA) is 94.5 Å². The zero-order chi connectivity index (χ0) is 9.80. The quantitative estimate of drug-likeness (QED) is 0.728. The summed E-state index contributed by atoms with van der Waals surface area (Å²) in [4.78, 5) is 7.79. The van der Waals surface area contributed by atoms with Crippen LogP contribution in [-0.4, -0.2) is 30.7 Å². The number of aromatic nitrogens is 5. The van der Waals surface area contributed by atoms with Crippen LogP contribution >= 0.6 is 11.5 Å². The minimum Gasteiger partial charge on any atom is -0.367 e. The number of hydrogen-bond acceptors (Lipinski definition) is 7. The Hall–Kier alpha value is -1.70. The molecule has 0 saturated carbocycles. The monoisotopic (exact) mass is 211 g/mol. The Balaban J connectivity index is 1.78. The van der Waals surface area contributed by atoms with E-state index < -0.39 is 0 Å². The predicted octanol–water partition coefficient (Wildman–Crippen LogP) is -0.176. The maximum Gasteiger partial charge on any atom is 0.233 e. The Bertz CT molecular complexity index is 381. The average Bonchev–Trinajstić information content (AvgIpc) is 2.77. The highest BCUT2D eigenvalue weighted by molar-refractivity contribution is 7.09. The Labute approximate surface area is 84.2 Å². The molecule has 0 spiro atoms. The van der Waals surface area contributed by atoms with Gasteiger partial charge >= 0.3 is 0 Å². The minimum absolute atomic E-state index is 0.304. The molecule has 7 nitrogen and oxygen atoms in total. The standard InChI is InChI=1S/C6H9N7S/c7-5-11-6(14-12-5)9-1-2-13-4-8-3-10-13/h3-4H,1-2H2,(H3,7,9,11,12). The SMILES string of the molecule is Nc1nsc(NCCn2cncn2)n1. The molecular formula is C6H9N7S. The molecule has 74 valence electrons. The van der Waals surface area contributed by atoms with Crippen molar-refractivity contribution in [3.63, 3.8) is 0 Å². The minimum atomic E-state index is 0.304. The summed E-state index contributed by atoms with van der Waals surface area (Å²) < 4.78 is 5.58. The van der Waals surface area contributed by atoms with E-state index in [4.69, 9.17) is 5.73 Å². The number of hydrogen-bond donors (Lipinski definition) is 2. The van der Waals surface area contributed by atoms with Gasteiger partial charge in [0.1, 0.15) is 12.7 Å². The maximum absolute atomic E-state index is 5.37. The summed E-state index contributed by atoms with van der Waals surface area (Å²) in [5.41, 5.74) is 5.37. The van der Waals surface area contributed by atoms with E-state index in [0.717, 1.165) is 18.2 Å². The smallest absolute Gasteiger partial charge is 0.233 e. The number of nitrogens with one attached hydrogen (secondary N) is 1. The molecule has 2 rings (SSSR count). The zero-order valence-electron chi connectivity index (χ0n) is 7.29. The first-order valence-corrected chi connectivity index (χ1v) is 4.77. The van der Waals surface area contributed by atoms with Gasteiger partial charge in [-0.3, -0.25) is 4.68 Å². The van der Waals surface area contributed by atoms with Gasteiger partial charge in [0.05, 0.1) is 6.54 Å². The fourth-order valence-corrected chi connectivity index (χ4v) is 1.45. The molecule has 0 atom stereocenters. The lowest BCUT2D eigenvalue weighted by Gasteiger charge is -2.00. The Morgan fingerprint density at radius 3 is 3.14 bits per heavy atom. The second-order valence-electron chi connectivity index (χ2n) is 2.54. The van der Waals surface area contributed by atoms with Crippen molar-refractivity contribution in [3.05, 3.63) is 12.7 Å². The van der Waals surface area contributed by atoms with Crippen LogP contribution in [0, 0.1) is 0 Å². The molecule has 0 fully saturated rings. The van der Waals surface area contributed by atoms with Crippen LogP contribution in [0.25, 0.3) is 0 Å². The molecule has 2 aromatic heterocycles. The highest BCUT2D eigenvalue weighted by Gasteiger charge is 1.98. The first-order chi connectivity index (χ1) is 6.84. The lowest BCUT2D eigenvalue weighted by Crippen LogP contribution is -2.10. The van der Waals surface area contributed by atoms with Gasteiger partial charge in [0.25, 0.3) is 0 Å². The number of anilines is 2. The van der Waals surface area contributed by atoms with E-state index in [0.29, 0.717) is 5.95 Å². The third-order valence-corrected chi connectivity index (χ3v) is 2.21. The van der Waals surface area contributed by atoms with Gasteiger partial charge in [0.2, 0.25) is 11.1 Å². The zero-order valence-corrected chi connectivity index (χ0v) is 8.11. The molecule has 0 amide bonds. The third kappa shape index (κ3) is 2.16. The van der Waals surface area contributed by atoms with E-state index in [2.05, 4.69) is 24.8 Å². The molecule has 0 aliphatic heterocycles. The molecule has 8 heteroatoms. The fraction of sp³-hybridized carbons (Fsp3) is 0.333. The maximum atomic E-state index is 5.37. The van der Waals surface area contributed by atoms with Gasteiger partial charge in [-0.05, 0) is 0 Å². The van der Waals surface area contributed by atoms with Crippen molar-refractivity contribution >= 4 is 22.6 Å². The Morgan fingerprint density at radius 2 is 2.50 bits per heavy atom. The lowest BCUT2D eigenvalue weighted by atomic mass is 10.6. The van der Waals surface area contributed by atoms with Gasteiger partial charge in [-0.2, -0.15) is 14.5 Å². The van der Waals surface area contributed by atoms with Crippen LogP contribution in [0.2, 0.25) is 0 Å². The van der Waals surface area contributed by atoms with E-state index in [1.54, 1.807) is 11.0 Å². The largest absolute Gasteiger partial charge is 0.367 e. The molecule has 0 saturated heterocycles. The van der Waals surface area contributed by atoms with Crippen molar-refractivity contribution in [3.8, 4) is 0 Å². The first kappa shape index (κ1) is 8.88. The number of nitrogen functional groups attached to an aromatic ring is 1. The second-order valence-corrected chi connectivity index (χ2v) is 3.29. The van der Waals surface area contributed by atoms with Gasteiger partial charge < -0.3 is 11.1 Å². The van der Waals surface area contributed by atoms with E-state index in [9.17, 15) is 0 Å². The molecule has 0 aromatic carbocycles. The summed E-state index contributed by atoms with van der Waals surface area (Å²) in [5, 5.41) is 7.77.